The minimum absolute atomic E-state index is 0.0581. The van der Waals surface area contributed by atoms with E-state index in [-0.39, 0.29) is 12.0 Å². The molecule has 0 amide bonds. The predicted molar refractivity (Wildman–Crippen MR) is 118 cm³/mol. The van der Waals surface area contributed by atoms with Crippen LogP contribution in [0.4, 0.5) is 11.9 Å². The summed E-state index contributed by atoms with van der Waals surface area (Å²) in [5, 5.41) is 4.13. The molecule has 1 aromatic carbocycles. The molecule has 0 aliphatic carbocycles. The largest absolute Gasteiger partial charge is 0.368 e. The topological polar surface area (TPSA) is 113 Å². The second-order valence-corrected chi connectivity index (χ2v) is 8.11. The number of benzene rings is 1. The number of nitrogens with zero attached hydrogens (tertiary/aromatic N) is 8. The molecule has 3 aromatic rings. The van der Waals surface area contributed by atoms with Gasteiger partial charge < -0.3 is 15.2 Å². The van der Waals surface area contributed by atoms with Gasteiger partial charge in [-0.25, -0.2) is 0 Å². The Morgan fingerprint density at radius 1 is 1.03 bits per heavy atom. The zero-order valence-electron chi connectivity index (χ0n) is 18.5. The highest BCUT2D eigenvalue weighted by Gasteiger charge is 2.25. The van der Waals surface area contributed by atoms with Crippen LogP contribution in [0.25, 0.3) is 11.4 Å². The number of aromatic nitrogens is 5. The fourth-order valence-corrected chi connectivity index (χ4v) is 3.59. The molecular formula is C21H29N9O. The van der Waals surface area contributed by atoms with Crippen LogP contribution in [0.2, 0.25) is 0 Å². The molecule has 1 aliphatic rings. The number of hydrogen-bond acceptors (Lipinski definition) is 10. The third-order valence-electron chi connectivity index (χ3n) is 5.52. The maximum absolute atomic E-state index is 5.88. The first-order valence-corrected chi connectivity index (χ1v) is 10.4. The number of rotatable bonds is 6. The van der Waals surface area contributed by atoms with Crippen LogP contribution in [0, 0.1) is 6.92 Å². The Bertz CT molecular complexity index is 1010. The van der Waals surface area contributed by atoms with E-state index < -0.39 is 0 Å². The van der Waals surface area contributed by atoms with Crippen molar-refractivity contribution in [1.29, 1.82) is 0 Å². The van der Waals surface area contributed by atoms with Crippen molar-refractivity contribution < 1.29 is 4.52 Å². The molecule has 0 spiro atoms. The molecule has 10 nitrogen and oxygen atoms in total. The Kier molecular flexibility index (Phi) is 6.10. The van der Waals surface area contributed by atoms with Crippen LogP contribution in [0.5, 0.6) is 0 Å². The molecule has 3 heterocycles. The summed E-state index contributed by atoms with van der Waals surface area (Å²) in [6.45, 7) is 8.39. The van der Waals surface area contributed by atoms with Gasteiger partial charge in [0, 0.05) is 45.8 Å². The smallest absolute Gasteiger partial charge is 0.241 e. The Balaban J connectivity index is 1.34. The highest BCUT2D eigenvalue weighted by Crippen LogP contribution is 2.22. The summed E-state index contributed by atoms with van der Waals surface area (Å²) in [4.78, 5) is 24.2. The lowest BCUT2D eigenvalue weighted by Gasteiger charge is -2.36. The second-order valence-electron chi connectivity index (χ2n) is 8.11. The number of nitrogens with two attached hydrogens (primary N) is 1. The molecule has 2 aromatic heterocycles. The van der Waals surface area contributed by atoms with Gasteiger partial charge in [-0.15, -0.1) is 0 Å². The van der Waals surface area contributed by atoms with Crippen LogP contribution < -0.4 is 10.6 Å². The number of nitrogen functional groups attached to an aromatic ring is 1. The first kappa shape index (κ1) is 21.1. The van der Waals surface area contributed by atoms with Crippen LogP contribution >= 0.6 is 0 Å². The molecule has 1 unspecified atom stereocenters. The Morgan fingerprint density at radius 3 is 2.42 bits per heavy atom. The molecule has 1 fully saturated rings. The van der Waals surface area contributed by atoms with Gasteiger partial charge >= 0.3 is 0 Å². The van der Waals surface area contributed by atoms with Crippen molar-refractivity contribution in [3.05, 3.63) is 41.5 Å². The maximum atomic E-state index is 5.88. The Morgan fingerprint density at radius 2 is 1.74 bits per heavy atom. The predicted octanol–water partition coefficient (Wildman–Crippen LogP) is 1.76. The van der Waals surface area contributed by atoms with E-state index in [0.29, 0.717) is 30.0 Å². The SMILES string of the molecule is Cc1ccc(-c2noc(CN3CCN(C(C)c4nc(N)nc(N(C)C)n4)CC3)n2)cc1. The van der Waals surface area contributed by atoms with Crippen molar-refractivity contribution in [1.82, 2.24) is 34.9 Å². The minimum atomic E-state index is 0.0581. The number of aryl methyl sites for hydroxylation is 1. The van der Waals surface area contributed by atoms with Gasteiger partial charge in [0.1, 0.15) is 0 Å². The van der Waals surface area contributed by atoms with Crippen molar-refractivity contribution in [3.63, 3.8) is 0 Å². The van der Waals surface area contributed by atoms with Gasteiger partial charge in [0.25, 0.3) is 0 Å². The van der Waals surface area contributed by atoms with E-state index >= 15 is 0 Å². The molecule has 1 saturated heterocycles. The first-order valence-electron chi connectivity index (χ1n) is 10.4. The Hall–Kier alpha value is -3.11. The number of anilines is 2. The lowest BCUT2D eigenvalue weighted by Crippen LogP contribution is -2.47. The summed E-state index contributed by atoms with van der Waals surface area (Å²) < 4.78 is 5.48. The van der Waals surface area contributed by atoms with Gasteiger partial charge in [0.05, 0.1) is 12.6 Å². The third-order valence-corrected chi connectivity index (χ3v) is 5.52. The summed E-state index contributed by atoms with van der Waals surface area (Å²) in [6, 6.07) is 8.18. The van der Waals surface area contributed by atoms with Crippen molar-refractivity contribution in [2.24, 2.45) is 0 Å². The zero-order chi connectivity index (χ0) is 22.0. The zero-order valence-corrected chi connectivity index (χ0v) is 18.5. The van der Waals surface area contributed by atoms with Gasteiger partial charge in [-0.3, -0.25) is 9.80 Å². The molecule has 10 heteroatoms. The molecular weight excluding hydrogens is 394 g/mol. The van der Waals surface area contributed by atoms with Gasteiger partial charge in [0.15, 0.2) is 5.82 Å². The normalized spacial score (nSPS) is 16.4. The van der Waals surface area contributed by atoms with Crippen LogP contribution in [-0.4, -0.2) is 75.2 Å². The minimum Gasteiger partial charge on any atom is -0.368 e. The van der Waals surface area contributed by atoms with E-state index in [1.807, 2.05) is 43.3 Å². The third kappa shape index (κ3) is 4.97. The highest BCUT2D eigenvalue weighted by molar-refractivity contribution is 5.54. The molecule has 0 radical (unpaired) electrons. The van der Waals surface area contributed by atoms with Crippen LogP contribution in [-0.2, 0) is 6.54 Å². The van der Waals surface area contributed by atoms with Crippen molar-refractivity contribution in [3.8, 4) is 11.4 Å². The van der Waals surface area contributed by atoms with Gasteiger partial charge in [-0.2, -0.15) is 19.9 Å². The molecule has 0 bridgehead atoms. The highest BCUT2D eigenvalue weighted by atomic mass is 16.5. The van der Waals surface area contributed by atoms with E-state index in [1.165, 1.54) is 5.56 Å². The Labute approximate surface area is 182 Å². The molecule has 2 N–H and O–H groups in total. The average molecular weight is 424 g/mol. The summed E-state index contributed by atoms with van der Waals surface area (Å²) in [7, 11) is 3.79. The quantitative estimate of drug-likeness (QED) is 0.629. The number of piperazine rings is 1. The molecule has 1 atom stereocenters. The van der Waals surface area contributed by atoms with E-state index in [0.717, 1.165) is 31.7 Å². The van der Waals surface area contributed by atoms with Crippen LogP contribution in [0.1, 0.15) is 30.2 Å². The van der Waals surface area contributed by atoms with Gasteiger partial charge in [-0.05, 0) is 13.8 Å². The fraction of sp³-hybridized carbons (Fsp3) is 0.476. The second kappa shape index (κ2) is 8.94. The molecule has 0 saturated carbocycles. The molecule has 4 rings (SSSR count). The van der Waals surface area contributed by atoms with E-state index in [1.54, 1.807) is 0 Å². The van der Waals surface area contributed by atoms with Gasteiger partial charge in [0.2, 0.25) is 23.6 Å². The number of hydrogen-bond donors (Lipinski definition) is 1. The molecule has 31 heavy (non-hydrogen) atoms. The average Bonchev–Trinajstić information content (AvgIpc) is 3.22. The van der Waals surface area contributed by atoms with E-state index in [4.69, 9.17) is 10.3 Å². The van der Waals surface area contributed by atoms with Crippen LogP contribution in [0.15, 0.2) is 28.8 Å². The molecule has 164 valence electrons. The van der Waals surface area contributed by atoms with E-state index in [2.05, 4.69) is 48.7 Å². The first-order chi connectivity index (χ1) is 14.9. The summed E-state index contributed by atoms with van der Waals surface area (Å²) in [5.74, 6) is 2.79. The molecule has 1 aliphatic heterocycles. The van der Waals surface area contributed by atoms with Crippen molar-refractivity contribution in [2.75, 3.05) is 50.9 Å². The van der Waals surface area contributed by atoms with Gasteiger partial charge in [-0.1, -0.05) is 35.0 Å². The monoisotopic (exact) mass is 423 g/mol. The van der Waals surface area contributed by atoms with Crippen molar-refractivity contribution in [2.45, 2.75) is 26.4 Å². The van der Waals surface area contributed by atoms with Crippen LogP contribution in [0.3, 0.4) is 0 Å². The standard InChI is InChI=1S/C21H29N9O/c1-14-5-7-16(8-6-14)19-23-17(31-27-19)13-29-9-11-30(12-10-29)15(2)18-24-20(22)26-21(25-18)28(3)4/h5-8,15H,9-13H2,1-4H3,(H2,22,24,25,26). The summed E-state index contributed by atoms with van der Waals surface area (Å²) >= 11 is 0. The lowest BCUT2D eigenvalue weighted by atomic mass is 10.1. The summed E-state index contributed by atoms with van der Waals surface area (Å²) in [5.41, 5.74) is 8.06. The van der Waals surface area contributed by atoms with Crippen molar-refractivity contribution >= 4 is 11.9 Å². The fourth-order valence-electron chi connectivity index (χ4n) is 3.59. The maximum Gasteiger partial charge on any atom is 0.241 e. The van der Waals surface area contributed by atoms with E-state index in [9.17, 15) is 0 Å². The summed E-state index contributed by atoms with van der Waals surface area (Å²) in [6.07, 6.45) is 0. The lowest BCUT2D eigenvalue weighted by molar-refractivity contribution is 0.0877.